The van der Waals surface area contributed by atoms with Crippen LogP contribution in [0, 0.1) is 46.3 Å². The number of hydrogen-bond acceptors (Lipinski definition) is 2. The molecule has 31 heavy (non-hydrogen) atoms. The number of allylic oxidation sites excluding steroid dienone is 1. The molecule has 3 fully saturated rings. The molecular weight excluding hydrogens is 380 g/mol. The fourth-order valence-electron chi connectivity index (χ4n) is 8.70. The molecule has 2 heteroatoms. The first-order chi connectivity index (χ1) is 14.5. The van der Waals surface area contributed by atoms with E-state index < -0.39 is 5.60 Å². The highest BCUT2D eigenvalue weighted by Gasteiger charge is 2.57. The van der Waals surface area contributed by atoms with E-state index in [-0.39, 0.29) is 11.5 Å². The van der Waals surface area contributed by atoms with E-state index in [1.807, 2.05) is 0 Å². The molecule has 0 radical (unpaired) electrons. The van der Waals surface area contributed by atoms with Crippen molar-refractivity contribution in [2.24, 2.45) is 46.3 Å². The Morgan fingerprint density at radius 3 is 2.48 bits per heavy atom. The molecule has 2 N–H and O–H groups in total. The maximum Gasteiger partial charge on any atom is 0.0682 e. The number of rotatable bonds is 5. The van der Waals surface area contributed by atoms with Gasteiger partial charge in [0.05, 0.1) is 11.7 Å². The van der Waals surface area contributed by atoms with E-state index in [0.29, 0.717) is 11.3 Å². The molecule has 3 unspecified atom stereocenters. The standard InChI is InChI=1S/C29H50O2/c1-7-29(31)17-15-21-20(18-29)9-10-23-22(21)14-16-28(6)24(11-12-25(23)28)19(2)8-13-26(30)27(3,4)5/h9,19,21-26,30-31H,7-8,10-18H2,1-6H3/t19-,21+,22?,23?,24-,25?,26-,28-,29+/m1/s1. The Kier molecular flexibility index (Phi) is 6.50. The lowest BCUT2D eigenvalue weighted by Gasteiger charge is -2.55. The topological polar surface area (TPSA) is 40.5 Å². The van der Waals surface area contributed by atoms with Crippen LogP contribution in [0.1, 0.15) is 112 Å². The van der Waals surface area contributed by atoms with Gasteiger partial charge in [0.15, 0.2) is 0 Å². The van der Waals surface area contributed by atoms with E-state index in [4.69, 9.17) is 0 Å². The summed E-state index contributed by atoms with van der Waals surface area (Å²) in [5.41, 5.74) is 1.68. The van der Waals surface area contributed by atoms with E-state index in [9.17, 15) is 10.2 Å². The van der Waals surface area contributed by atoms with E-state index in [2.05, 4.69) is 47.6 Å². The van der Waals surface area contributed by atoms with Gasteiger partial charge in [-0.3, -0.25) is 0 Å². The molecule has 178 valence electrons. The summed E-state index contributed by atoms with van der Waals surface area (Å²) in [4.78, 5) is 0. The molecule has 4 aliphatic rings. The number of aliphatic hydroxyl groups is 2. The van der Waals surface area contributed by atoms with E-state index in [0.717, 1.165) is 55.3 Å². The van der Waals surface area contributed by atoms with Gasteiger partial charge in [0.1, 0.15) is 0 Å². The van der Waals surface area contributed by atoms with Gasteiger partial charge in [-0.1, -0.05) is 53.2 Å². The van der Waals surface area contributed by atoms with E-state index >= 15 is 0 Å². The fraction of sp³-hybridized carbons (Fsp3) is 0.931. The zero-order valence-corrected chi connectivity index (χ0v) is 21.3. The van der Waals surface area contributed by atoms with Gasteiger partial charge < -0.3 is 10.2 Å². The largest absolute Gasteiger partial charge is 0.393 e. The van der Waals surface area contributed by atoms with Crippen LogP contribution in [-0.4, -0.2) is 21.9 Å². The predicted octanol–water partition coefficient (Wildman–Crippen LogP) is 7.14. The second-order valence-corrected chi connectivity index (χ2v) is 13.5. The molecule has 0 aromatic heterocycles. The fourth-order valence-corrected chi connectivity index (χ4v) is 8.70. The zero-order chi connectivity index (χ0) is 22.6. The number of aliphatic hydroxyl groups excluding tert-OH is 1. The van der Waals surface area contributed by atoms with Gasteiger partial charge in [0, 0.05) is 0 Å². The van der Waals surface area contributed by atoms with Crippen LogP contribution in [0.25, 0.3) is 0 Å². The quantitative estimate of drug-likeness (QED) is 0.455. The average molecular weight is 431 g/mol. The van der Waals surface area contributed by atoms with Gasteiger partial charge in [-0.25, -0.2) is 0 Å². The number of hydrogen-bond donors (Lipinski definition) is 2. The Morgan fingerprint density at radius 1 is 1.06 bits per heavy atom. The van der Waals surface area contributed by atoms with Crippen molar-refractivity contribution in [3.05, 3.63) is 11.6 Å². The minimum absolute atomic E-state index is 0.00401. The highest BCUT2D eigenvalue weighted by atomic mass is 16.3. The van der Waals surface area contributed by atoms with Crippen LogP contribution >= 0.6 is 0 Å². The normalized spacial score (nSPS) is 44.6. The summed E-state index contributed by atoms with van der Waals surface area (Å²) in [7, 11) is 0. The van der Waals surface area contributed by atoms with Crippen molar-refractivity contribution in [3.8, 4) is 0 Å². The second kappa shape index (κ2) is 8.46. The molecule has 0 spiro atoms. The third kappa shape index (κ3) is 4.30. The minimum Gasteiger partial charge on any atom is -0.393 e. The van der Waals surface area contributed by atoms with Crippen LogP contribution < -0.4 is 0 Å². The molecule has 2 nitrogen and oxygen atoms in total. The first kappa shape index (κ1) is 23.8. The molecule has 0 saturated heterocycles. The molecule has 4 rings (SSSR count). The summed E-state index contributed by atoms with van der Waals surface area (Å²) in [6.07, 6.45) is 15.4. The molecule has 4 aliphatic carbocycles. The van der Waals surface area contributed by atoms with Gasteiger partial charge in [-0.15, -0.1) is 0 Å². The van der Waals surface area contributed by atoms with Crippen molar-refractivity contribution in [1.82, 2.24) is 0 Å². The lowest BCUT2D eigenvalue weighted by atomic mass is 9.50. The van der Waals surface area contributed by atoms with Crippen molar-refractivity contribution < 1.29 is 10.2 Å². The summed E-state index contributed by atoms with van der Waals surface area (Å²) in [6, 6.07) is 0. The van der Waals surface area contributed by atoms with Crippen molar-refractivity contribution in [2.75, 3.05) is 0 Å². The Balaban J connectivity index is 1.44. The van der Waals surface area contributed by atoms with Gasteiger partial charge in [-0.05, 0) is 117 Å². The van der Waals surface area contributed by atoms with Crippen molar-refractivity contribution in [2.45, 2.75) is 124 Å². The molecule has 0 aromatic rings. The van der Waals surface area contributed by atoms with E-state index in [1.165, 1.54) is 44.9 Å². The van der Waals surface area contributed by atoms with Gasteiger partial charge in [0.2, 0.25) is 0 Å². The lowest BCUT2D eigenvalue weighted by Crippen LogP contribution is -2.48. The summed E-state index contributed by atoms with van der Waals surface area (Å²) in [5, 5.41) is 21.5. The minimum atomic E-state index is -0.427. The smallest absolute Gasteiger partial charge is 0.0682 e. The average Bonchev–Trinajstić information content (AvgIpc) is 3.08. The maximum absolute atomic E-state index is 10.9. The summed E-state index contributed by atoms with van der Waals surface area (Å²) in [5.74, 6) is 4.93. The highest BCUT2D eigenvalue weighted by molar-refractivity contribution is 5.22. The third-order valence-corrected chi connectivity index (χ3v) is 10.9. The summed E-state index contributed by atoms with van der Waals surface area (Å²) >= 11 is 0. The Bertz CT molecular complexity index is 675. The first-order valence-electron chi connectivity index (χ1n) is 13.6. The Morgan fingerprint density at radius 2 is 1.81 bits per heavy atom. The SMILES string of the molecule is CC[C@]1(O)CC[C@H]2C(=CCC3C2CC[C@@]2(C)C3CC[C@@H]2[C@H](C)CC[C@@H](O)C(C)(C)C)C1. The van der Waals surface area contributed by atoms with Gasteiger partial charge in [-0.2, -0.15) is 0 Å². The predicted molar refractivity (Wildman–Crippen MR) is 130 cm³/mol. The Hall–Kier alpha value is -0.340. The van der Waals surface area contributed by atoms with Crippen LogP contribution in [0.5, 0.6) is 0 Å². The Labute approximate surface area is 192 Å². The molecule has 0 aromatic carbocycles. The van der Waals surface area contributed by atoms with Crippen molar-refractivity contribution in [3.63, 3.8) is 0 Å². The first-order valence-corrected chi connectivity index (χ1v) is 13.6. The maximum atomic E-state index is 10.9. The molecule has 0 amide bonds. The molecule has 0 bridgehead atoms. The molecule has 3 saturated carbocycles. The van der Waals surface area contributed by atoms with Crippen LogP contribution in [0.15, 0.2) is 11.6 Å². The van der Waals surface area contributed by atoms with Gasteiger partial charge in [0.25, 0.3) is 0 Å². The van der Waals surface area contributed by atoms with E-state index in [1.54, 1.807) is 5.57 Å². The number of fused-ring (bicyclic) bond motifs is 5. The van der Waals surface area contributed by atoms with Crippen molar-refractivity contribution >= 4 is 0 Å². The van der Waals surface area contributed by atoms with Crippen molar-refractivity contribution in [1.29, 1.82) is 0 Å². The second-order valence-electron chi connectivity index (χ2n) is 13.5. The van der Waals surface area contributed by atoms with Crippen LogP contribution in [0.2, 0.25) is 0 Å². The molecule has 0 aliphatic heterocycles. The summed E-state index contributed by atoms with van der Waals surface area (Å²) < 4.78 is 0. The highest BCUT2D eigenvalue weighted by Crippen LogP contribution is 2.65. The zero-order valence-electron chi connectivity index (χ0n) is 21.3. The van der Waals surface area contributed by atoms with Gasteiger partial charge >= 0.3 is 0 Å². The van der Waals surface area contributed by atoms with Crippen LogP contribution in [-0.2, 0) is 0 Å². The molecular formula is C29H50O2. The third-order valence-electron chi connectivity index (χ3n) is 10.9. The molecule has 0 heterocycles. The molecule has 9 atom stereocenters. The lowest BCUT2D eigenvalue weighted by molar-refractivity contribution is -0.0471. The monoisotopic (exact) mass is 430 g/mol. The van der Waals surface area contributed by atoms with Crippen LogP contribution in [0.3, 0.4) is 0 Å². The van der Waals surface area contributed by atoms with Crippen LogP contribution in [0.4, 0.5) is 0 Å². The summed E-state index contributed by atoms with van der Waals surface area (Å²) in [6.45, 7) is 13.7.